The first-order chi connectivity index (χ1) is 12.1. The van der Waals surface area contributed by atoms with Gasteiger partial charge < -0.3 is 15.1 Å². The second-order valence-electron chi connectivity index (χ2n) is 5.70. The molecule has 0 saturated carbocycles. The first kappa shape index (κ1) is 19.5. The maximum atomic E-state index is 13.1. The van der Waals surface area contributed by atoms with Crippen LogP contribution in [-0.2, 0) is 11.0 Å². The monoisotopic (exact) mass is 371 g/mol. The minimum absolute atomic E-state index is 0.0268. The third kappa shape index (κ3) is 3.57. The third-order valence-electron chi connectivity index (χ3n) is 4.15. The largest absolute Gasteiger partial charge is 0.480 e. The van der Waals surface area contributed by atoms with Gasteiger partial charge in [-0.3, -0.25) is 4.90 Å². The van der Waals surface area contributed by atoms with E-state index in [0.717, 1.165) is 15.9 Å². The number of carbonyl (C=O) groups is 2. The summed E-state index contributed by atoms with van der Waals surface area (Å²) in [5.74, 6) is -1.39. The Morgan fingerprint density at radius 2 is 2.08 bits per heavy atom. The van der Waals surface area contributed by atoms with Gasteiger partial charge in [0, 0.05) is 18.8 Å². The standard InChI is InChI=1S/C16H16F3N3O4/c1-2-21(15(26)22-6-5-12(23)13(22)14(24)25)10-4-3-9(8-20)11(7-10)16(17,18)19/h3-4,7,12-13,23H,2,5-6H2,1H3,(H,24,25). The Balaban J connectivity index is 2.41. The zero-order valence-electron chi connectivity index (χ0n) is 13.7. The highest BCUT2D eigenvalue weighted by molar-refractivity contribution is 5.95. The van der Waals surface area contributed by atoms with Crippen molar-refractivity contribution >= 4 is 17.7 Å². The molecule has 0 spiro atoms. The van der Waals surface area contributed by atoms with Gasteiger partial charge in [-0.1, -0.05) is 0 Å². The molecule has 1 aliphatic rings. The van der Waals surface area contributed by atoms with Crippen LogP contribution in [0.2, 0.25) is 0 Å². The minimum Gasteiger partial charge on any atom is -0.480 e. The lowest BCUT2D eigenvalue weighted by Crippen LogP contribution is -2.50. The van der Waals surface area contributed by atoms with Crippen LogP contribution in [0.3, 0.4) is 0 Å². The number of halogens is 3. The number of alkyl halides is 3. The second-order valence-corrected chi connectivity index (χ2v) is 5.70. The van der Waals surface area contributed by atoms with E-state index >= 15 is 0 Å². The average Bonchev–Trinajstić information content (AvgIpc) is 2.96. The number of anilines is 1. The molecule has 2 unspecified atom stereocenters. The van der Waals surface area contributed by atoms with E-state index in [0.29, 0.717) is 6.07 Å². The van der Waals surface area contributed by atoms with E-state index in [1.165, 1.54) is 19.1 Å². The highest BCUT2D eigenvalue weighted by atomic mass is 19.4. The van der Waals surface area contributed by atoms with Crippen molar-refractivity contribution in [3.05, 3.63) is 29.3 Å². The molecule has 1 aliphatic heterocycles. The number of carboxylic acids is 1. The summed E-state index contributed by atoms with van der Waals surface area (Å²) in [4.78, 5) is 25.9. The number of benzene rings is 1. The molecule has 2 rings (SSSR count). The number of carbonyl (C=O) groups excluding carboxylic acids is 1. The van der Waals surface area contributed by atoms with Gasteiger partial charge in [-0.05, 0) is 31.5 Å². The van der Waals surface area contributed by atoms with Crippen molar-refractivity contribution in [3.8, 4) is 6.07 Å². The number of likely N-dealkylation sites (tertiary alicyclic amines) is 1. The van der Waals surface area contributed by atoms with Gasteiger partial charge in [0.05, 0.1) is 23.3 Å². The fourth-order valence-electron chi connectivity index (χ4n) is 2.90. The van der Waals surface area contributed by atoms with E-state index in [2.05, 4.69) is 0 Å². The fraction of sp³-hybridized carbons (Fsp3) is 0.438. The van der Waals surface area contributed by atoms with Crippen molar-refractivity contribution in [2.45, 2.75) is 31.7 Å². The minimum atomic E-state index is -4.78. The van der Waals surface area contributed by atoms with Crippen LogP contribution < -0.4 is 4.90 Å². The summed E-state index contributed by atoms with van der Waals surface area (Å²) in [7, 11) is 0. The molecular weight excluding hydrogens is 355 g/mol. The van der Waals surface area contributed by atoms with Crippen molar-refractivity contribution < 1.29 is 33.0 Å². The lowest BCUT2D eigenvalue weighted by molar-refractivity contribution is -0.143. The molecule has 1 aromatic rings. The zero-order chi connectivity index (χ0) is 19.6. The summed E-state index contributed by atoms with van der Waals surface area (Å²) in [5.41, 5.74) is -1.88. The maximum absolute atomic E-state index is 13.1. The van der Waals surface area contributed by atoms with Crippen molar-refractivity contribution in [2.75, 3.05) is 18.0 Å². The number of amides is 2. The molecule has 0 bridgehead atoms. The summed E-state index contributed by atoms with van der Waals surface area (Å²) in [6, 6.07) is 2.00. The molecule has 1 heterocycles. The number of hydrogen-bond acceptors (Lipinski definition) is 4. The van der Waals surface area contributed by atoms with Crippen LogP contribution in [0.15, 0.2) is 18.2 Å². The van der Waals surface area contributed by atoms with Crippen LogP contribution in [0.4, 0.5) is 23.7 Å². The second kappa shape index (κ2) is 7.21. The SMILES string of the molecule is CCN(C(=O)N1CCC(O)C1C(=O)O)c1ccc(C#N)c(C(F)(F)F)c1. The average molecular weight is 371 g/mol. The van der Waals surface area contributed by atoms with Crippen molar-refractivity contribution in [1.82, 2.24) is 4.90 Å². The van der Waals surface area contributed by atoms with Crippen LogP contribution >= 0.6 is 0 Å². The molecule has 0 radical (unpaired) electrons. The Morgan fingerprint density at radius 3 is 2.58 bits per heavy atom. The molecule has 1 fully saturated rings. The number of nitriles is 1. The number of aliphatic hydroxyl groups excluding tert-OH is 1. The molecule has 1 aromatic carbocycles. The van der Waals surface area contributed by atoms with Gasteiger partial charge in [-0.2, -0.15) is 18.4 Å². The van der Waals surface area contributed by atoms with Crippen molar-refractivity contribution in [1.29, 1.82) is 5.26 Å². The number of nitrogens with zero attached hydrogens (tertiary/aromatic N) is 3. The van der Waals surface area contributed by atoms with Crippen LogP contribution in [0.25, 0.3) is 0 Å². The Kier molecular flexibility index (Phi) is 5.41. The third-order valence-corrected chi connectivity index (χ3v) is 4.15. The molecule has 7 nitrogen and oxygen atoms in total. The molecule has 26 heavy (non-hydrogen) atoms. The molecule has 2 amide bonds. The summed E-state index contributed by atoms with van der Waals surface area (Å²) in [6.07, 6.45) is -5.97. The summed E-state index contributed by atoms with van der Waals surface area (Å²) in [5, 5.41) is 27.8. The number of aliphatic hydroxyl groups is 1. The lowest BCUT2D eigenvalue weighted by Gasteiger charge is -2.30. The molecule has 140 valence electrons. The van der Waals surface area contributed by atoms with E-state index in [1.54, 1.807) is 0 Å². The van der Waals surface area contributed by atoms with Crippen molar-refractivity contribution in [3.63, 3.8) is 0 Å². The van der Waals surface area contributed by atoms with Gasteiger partial charge >= 0.3 is 18.2 Å². The Morgan fingerprint density at radius 1 is 1.42 bits per heavy atom. The number of urea groups is 1. The number of rotatable bonds is 3. The highest BCUT2D eigenvalue weighted by Crippen LogP contribution is 2.35. The number of aliphatic carboxylic acids is 1. The molecule has 0 aromatic heterocycles. The Hall–Kier alpha value is -2.80. The van der Waals surface area contributed by atoms with Gasteiger partial charge in [0.2, 0.25) is 0 Å². The Bertz CT molecular complexity index is 760. The summed E-state index contributed by atoms with van der Waals surface area (Å²) >= 11 is 0. The van der Waals surface area contributed by atoms with Crippen LogP contribution in [-0.4, -0.2) is 52.3 Å². The van der Waals surface area contributed by atoms with Gasteiger partial charge in [-0.15, -0.1) is 0 Å². The Labute approximate surface area is 146 Å². The smallest absolute Gasteiger partial charge is 0.417 e. The van der Waals surface area contributed by atoms with E-state index < -0.39 is 41.4 Å². The summed E-state index contributed by atoms with van der Waals surface area (Å²) in [6.45, 7) is 1.46. The molecule has 0 aliphatic carbocycles. The van der Waals surface area contributed by atoms with Crippen LogP contribution in [0.5, 0.6) is 0 Å². The normalized spacial score (nSPS) is 19.9. The predicted octanol–water partition coefficient (Wildman–Crippen LogP) is 2.04. The number of hydrogen-bond donors (Lipinski definition) is 2. The lowest BCUT2D eigenvalue weighted by atomic mass is 10.1. The predicted molar refractivity (Wildman–Crippen MR) is 83.3 cm³/mol. The summed E-state index contributed by atoms with van der Waals surface area (Å²) < 4.78 is 39.4. The quantitative estimate of drug-likeness (QED) is 0.846. The van der Waals surface area contributed by atoms with E-state index in [9.17, 15) is 33.0 Å². The van der Waals surface area contributed by atoms with Crippen LogP contribution in [0, 0.1) is 11.3 Å². The van der Waals surface area contributed by atoms with E-state index in [4.69, 9.17) is 5.26 Å². The first-order valence-electron chi connectivity index (χ1n) is 7.72. The first-order valence-corrected chi connectivity index (χ1v) is 7.72. The molecule has 1 saturated heterocycles. The topological polar surface area (TPSA) is 105 Å². The highest BCUT2D eigenvalue weighted by Gasteiger charge is 2.43. The van der Waals surface area contributed by atoms with E-state index in [1.807, 2.05) is 0 Å². The maximum Gasteiger partial charge on any atom is 0.417 e. The van der Waals surface area contributed by atoms with Gasteiger partial charge in [0.25, 0.3) is 0 Å². The molecule has 2 atom stereocenters. The fourth-order valence-corrected chi connectivity index (χ4v) is 2.90. The zero-order valence-corrected chi connectivity index (χ0v) is 13.7. The van der Waals surface area contributed by atoms with Gasteiger partial charge in [0.1, 0.15) is 0 Å². The molecule has 2 N–H and O–H groups in total. The van der Waals surface area contributed by atoms with Gasteiger partial charge in [-0.25, -0.2) is 9.59 Å². The molecule has 10 heteroatoms. The molecular formula is C16H16F3N3O4. The van der Waals surface area contributed by atoms with Gasteiger partial charge in [0.15, 0.2) is 6.04 Å². The van der Waals surface area contributed by atoms with Crippen molar-refractivity contribution in [2.24, 2.45) is 0 Å². The van der Waals surface area contributed by atoms with E-state index in [-0.39, 0.29) is 25.2 Å². The number of carboxylic acid groups (broad SMARTS) is 1. The van der Waals surface area contributed by atoms with Crippen LogP contribution in [0.1, 0.15) is 24.5 Å².